The van der Waals surface area contributed by atoms with Gasteiger partial charge in [-0.15, -0.1) is 0 Å². The fourth-order valence-electron chi connectivity index (χ4n) is 4.76. The van der Waals surface area contributed by atoms with Gasteiger partial charge in [0.1, 0.15) is 23.1 Å². The minimum absolute atomic E-state index is 0.147. The molecule has 1 unspecified atom stereocenters. The van der Waals surface area contributed by atoms with Gasteiger partial charge in [0.25, 0.3) is 0 Å². The predicted octanol–water partition coefficient (Wildman–Crippen LogP) is 5.54. The van der Waals surface area contributed by atoms with E-state index in [0.717, 1.165) is 0 Å². The van der Waals surface area contributed by atoms with Crippen LogP contribution in [0.2, 0.25) is 0 Å². The second-order valence-corrected chi connectivity index (χ2v) is 9.15. The highest BCUT2D eigenvalue weighted by Crippen LogP contribution is 2.41. The molecule has 0 bridgehead atoms. The molecule has 1 amide bonds. The summed E-state index contributed by atoms with van der Waals surface area (Å²) in [6.07, 6.45) is -0.872. The molecule has 0 spiro atoms. The van der Waals surface area contributed by atoms with Gasteiger partial charge in [0.05, 0.1) is 12.1 Å². The number of aliphatic hydroxyl groups excluding tert-OH is 1. The number of nitrogens with one attached hydrogen (secondary N) is 1. The van der Waals surface area contributed by atoms with E-state index in [1.54, 1.807) is 38.2 Å². The van der Waals surface area contributed by atoms with Crippen LogP contribution in [-0.4, -0.2) is 42.3 Å². The van der Waals surface area contributed by atoms with E-state index < -0.39 is 41.3 Å². The number of amides is 1. The van der Waals surface area contributed by atoms with Crippen LogP contribution in [0.25, 0.3) is 11.1 Å². The molecule has 5 nitrogen and oxygen atoms in total. The molecule has 0 radical (unpaired) electrons. The monoisotopic (exact) mass is 498 g/mol. The summed E-state index contributed by atoms with van der Waals surface area (Å²) in [4.78, 5) is 14.7. The molecule has 2 N–H and O–H groups in total. The lowest BCUT2D eigenvalue weighted by molar-refractivity contribution is -0.0832. The normalized spacial score (nSPS) is 19.6. The van der Waals surface area contributed by atoms with E-state index in [9.17, 15) is 23.1 Å². The summed E-state index contributed by atoms with van der Waals surface area (Å²) in [5, 5.41) is 13.4. The number of hydrogen-bond acceptors (Lipinski definition) is 4. The van der Waals surface area contributed by atoms with Gasteiger partial charge in [0, 0.05) is 31.5 Å². The van der Waals surface area contributed by atoms with Crippen LogP contribution in [0.5, 0.6) is 0 Å². The van der Waals surface area contributed by atoms with Crippen molar-refractivity contribution < 1.29 is 27.8 Å². The topological polar surface area (TPSA) is 61.8 Å². The molecule has 3 atom stereocenters. The molecule has 1 aliphatic heterocycles. The zero-order valence-electron chi connectivity index (χ0n) is 20.2. The molecule has 4 rings (SSSR count). The average molecular weight is 499 g/mol. The first-order chi connectivity index (χ1) is 17.2. The molecule has 0 aromatic heterocycles. The molecule has 3 aromatic rings. The van der Waals surface area contributed by atoms with E-state index in [0.29, 0.717) is 41.8 Å². The summed E-state index contributed by atoms with van der Waals surface area (Å²) in [5.41, 5.74) is 0.958. The number of hydrogen-bond donors (Lipinski definition) is 2. The number of ether oxygens (including phenoxy) is 1. The van der Waals surface area contributed by atoms with Gasteiger partial charge in [-0.05, 0) is 61.0 Å². The van der Waals surface area contributed by atoms with Crippen molar-refractivity contribution in [3.8, 4) is 11.1 Å². The Kier molecular flexibility index (Phi) is 7.66. The Morgan fingerprint density at radius 2 is 1.67 bits per heavy atom. The maximum absolute atomic E-state index is 15.0. The number of carbonyl (C=O) groups excluding carboxylic acids is 1. The first-order valence-corrected chi connectivity index (χ1v) is 11.9. The fourth-order valence-corrected chi connectivity index (χ4v) is 4.76. The molecule has 1 saturated heterocycles. The van der Waals surface area contributed by atoms with Crippen molar-refractivity contribution in [2.75, 3.05) is 20.1 Å². The molecule has 1 fully saturated rings. The fraction of sp³-hybridized carbons (Fsp3) is 0.321. The summed E-state index contributed by atoms with van der Waals surface area (Å²) in [6, 6.07) is 15.5. The average Bonchev–Trinajstić information content (AvgIpc) is 2.85. The maximum Gasteiger partial charge on any atom is 0.411 e. The van der Waals surface area contributed by atoms with Crippen LogP contribution in [0.3, 0.4) is 0 Å². The van der Waals surface area contributed by atoms with Crippen LogP contribution >= 0.6 is 0 Å². The van der Waals surface area contributed by atoms with Gasteiger partial charge in [0.2, 0.25) is 0 Å². The SMILES string of the molecule is CNCC(O)C[C@]1(c2ccc(F)cc2)CCN([C@@H](C)c2ccc(-c3ccc(F)cc3)c(F)c2)C(=O)O1. The van der Waals surface area contributed by atoms with Crippen LogP contribution in [-0.2, 0) is 10.3 Å². The number of carbonyl (C=O) groups is 1. The zero-order valence-corrected chi connectivity index (χ0v) is 20.2. The number of halogens is 3. The molecule has 1 heterocycles. The van der Waals surface area contributed by atoms with Gasteiger partial charge >= 0.3 is 6.09 Å². The highest BCUT2D eigenvalue weighted by molar-refractivity contribution is 5.70. The lowest BCUT2D eigenvalue weighted by Crippen LogP contribution is -2.50. The molecule has 3 aromatic carbocycles. The summed E-state index contributed by atoms with van der Waals surface area (Å²) in [7, 11) is 1.71. The molecule has 0 saturated carbocycles. The summed E-state index contributed by atoms with van der Waals surface area (Å²) < 4.78 is 47.7. The van der Waals surface area contributed by atoms with Gasteiger partial charge in [-0.1, -0.05) is 36.4 Å². The van der Waals surface area contributed by atoms with Gasteiger partial charge < -0.3 is 20.1 Å². The summed E-state index contributed by atoms with van der Waals surface area (Å²) >= 11 is 0. The molecule has 0 aliphatic carbocycles. The smallest absolute Gasteiger partial charge is 0.411 e. The van der Waals surface area contributed by atoms with E-state index in [4.69, 9.17) is 4.74 Å². The largest absolute Gasteiger partial charge is 0.438 e. The molecule has 190 valence electrons. The highest BCUT2D eigenvalue weighted by atomic mass is 19.1. The zero-order chi connectivity index (χ0) is 25.9. The van der Waals surface area contributed by atoms with Crippen molar-refractivity contribution in [1.29, 1.82) is 0 Å². The Labute approximate surface area is 208 Å². The second kappa shape index (κ2) is 10.7. The number of benzene rings is 3. The van der Waals surface area contributed by atoms with E-state index in [1.165, 1.54) is 47.4 Å². The van der Waals surface area contributed by atoms with Crippen LogP contribution in [0.1, 0.15) is 36.9 Å². The molecule has 1 aliphatic rings. The van der Waals surface area contributed by atoms with Crippen molar-refractivity contribution in [3.05, 3.63) is 95.3 Å². The number of likely N-dealkylation sites (N-methyl/N-ethyl adjacent to an activating group) is 1. The van der Waals surface area contributed by atoms with Crippen LogP contribution in [0, 0.1) is 17.5 Å². The molecular formula is C28H29F3N2O3. The standard InChI is InChI=1S/C28H29F3N2O3/c1-18(20-5-12-25(26(31)15-20)19-3-8-22(29)9-4-19)33-14-13-28(36-27(33)35,16-24(34)17-32-2)21-6-10-23(30)11-7-21/h3-12,15,18,24,32,34H,13-14,16-17H2,1-2H3/t18-,24?,28-/m0/s1. The first kappa shape index (κ1) is 25.7. The van der Waals surface area contributed by atoms with Gasteiger partial charge in [-0.3, -0.25) is 0 Å². The third-order valence-corrected chi connectivity index (χ3v) is 6.75. The predicted molar refractivity (Wildman–Crippen MR) is 131 cm³/mol. The van der Waals surface area contributed by atoms with Crippen molar-refractivity contribution >= 4 is 6.09 Å². The number of cyclic esters (lactones) is 1. The molecule has 36 heavy (non-hydrogen) atoms. The van der Waals surface area contributed by atoms with Crippen molar-refractivity contribution in [1.82, 2.24) is 10.2 Å². The third-order valence-electron chi connectivity index (χ3n) is 6.75. The minimum atomic E-state index is -1.12. The van der Waals surface area contributed by atoms with E-state index in [1.807, 2.05) is 0 Å². The van der Waals surface area contributed by atoms with Gasteiger partial charge in [0.15, 0.2) is 0 Å². The van der Waals surface area contributed by atoms with E-state index in [2.05, 4.69) is 5.32 Å². The third kappa shape index (κ3) is 5.39. The van der Waals surface area contributed by atoms with Crippen LogP contribution in [0.15, 0.2) is 66.7 Å². The van der Waals surface area contributed by atoms with Crippen molar-refractivity contribution in [2.24, 2.45) is 0 Å². The molecular weight excluding hydrogens is 469 g/mol. The quantitative estimate of drug-likeness (QED) is 0.428. The number of aliphatic hydroxyl groups is 1. The lowest BCUT2D eigenvalue weighted by Gasteiger charge is -2.44. The number of rotatable bonds is 8. The van der Waals surface area contributed by atoms with E-state index in [-0.39, 0.29) is 6.42 Å². The number of nitrogens with zero attached hydrogens (tertiary/aromatic N) is 1. The van der Waals surface area contributed by atoms with E-state index >= 15 is 0 Å². The second-order valence-electron chi connectivity index (χ2n) is 9.15. The Morgan fingerprint density at radius 3 is 2.25 bits per heavy atom. The maximum atomic E-state index is 15.0. The Morgan fingerprint density at radius 1 is 1.03 bits per heavy atom. The Bertz CT molecular complexity index is 1200. The van der Waals surface area contributed by atoms with Crippen molar-refractivity contribution in [3.63, 3.8) is 0 Å². The highest BCUT2D eigenvalue weighted by Gasteiger charge is 2.44. The van der Waals surface area contributed by atoms with Crippen molar-refractivity contribution in [2.45, 2.75) is 37.5 Å². The van der Waals surface area contributed by atoms with Crippen LogP contribution in [0.4, 0.5) is 18.0 Å². The lowest BCUT2D eigenvalue weighted by atomic mass is 9.83. The summed E-state index contributed by atoms with van der Waals surface area (Å²) in [5.74, 6) is -1.29. The van der Waals surface area contributed by atoms with Crippen LogP contribution < -0.4 is 5.32 Å². The van der Waals surface area contributed by atoms with Gasteiger partial charge in [-0.2, -0.15) is 0 Å². The Hall–Kier alpha value is -3.36. The summed E-state index contributed by atoms with van der Waals surface area (Å²) in [6.45, 7) is 2.39. The van der Waals surface area contributed by atoms with Gasteiger partial charge in [-0.25, -0.2) is 18.0 Å². The minimum Gasteiger partial charge on any atom is -0.438 e. The first-order valence-electron chi connectivity index (χ1n) is 11.9. The Balaban J connectivity index is 1.55. The molecule has 8 heteroatoms.